The van der Waals surface area contributed by atoms with Gasteiger partial charge in [0, 0.05) is 23.4 Å². The van der Waals surface area contributed by atoms with Crippen molar-refractivity contribution in [1.82, 2.24) is 5.32 Å². The van der Waals surface area contributed by atoms with Crippen LogP contribution in [0, 0.1) is 0 Å². The first-order valence-corrected chi connectivity index (χ1v) is 6.44. The number of hydrogen-bond donors (Lipinski definition) is 1. The van der Waals surface area contributed by atoms with Crippen molar-refractivity contribution in [3.63, 3.8) is 0 Å². The number of benzene rings is 1. The lowest BCUT2D eigenvalue weighted by Crippen LogP contribution is -2.22. The lowest BCUT2D eigenvalue weighted by atomic mass is 10.1. The second-order valence-corrected chi connectivity index (χ2v) is 5.12. The van der Waals surface area contributed by atoms with E-state index < -0.39 is 5.51 Å². The van der Waals surface area contributed by atoms with E-state index in [0.717, 1.165) is 5.56 Å². The Labute approximate surface area is 108 Å². The topological polar surface area (TPSA) is 12.0 Å². The van der Waals surface area contributed by atoms with E-state index in [0.29, 0.717) is 11.6 Å². The Morgan fingerprint density at radius 3 is 2.41 bits per heavy atom. The smallest absolute Gasteiger partial charge is 0.309 e. The molecule has 0 radical (unpaired) electrons. The zero-order valence-corrected chi connectivity index (χ0v) is 10.8. The standard InChI is InChI=1S/C11H13ClF3NS/c1-8(9-2-4-10(12)5-3-9)16-6-7-17-11(13,14)15/h2-5,8,16H,6-7H2,1H3. The highest BCUT2D eigenvalue weighted by atomic mass is 35.5. The molecule has 0 aliphatic heterocycles. The lowest BCUT2D eigenvalue weighted by molar-refractivity contribution is -0.0327. The summed E-state index contributed by atoms with van der Waals surface area (Å²) in [6.07, 6.45) is 0. The average Bonchev–Trinajstić information content (AvgIpc) is 2.24. The van der Waals surface area contributed by atoms with Gasteiger partial charge in [-0.3, -0.25) is 0 Å². The van der Waals surface area contributed by atoms with Gasteiger partial charge in [-0.05, 0) is 36.4 Å². The summed E-state index contributed by atoms with van der Waals surface area (Å²) in [5.74, 6) is 0.0153. The van der Waals surface area contributed by atoms with E-state index in [1.807, 2.05) is 19.1 Å². The first kappa shape index (κ1) is 14.7. The van der Waals surface area contributed by atoms with Crippen molar-refractivity contribution in [2.24, 2.45) is 0 Å². The maximum atomic E-state index is 11.9. The molecule has 0 aliphatic carbocycles. The number of thioether (sulfide) groups is 1. The molecule has 0 fully saturated rings. The average molecular weight is 284 g/mol. The molecule has 1 nitrogen and oxygen atoms in total. The highest BCUT2D eigenvalue weighted by Gasteiger charge is 2.27. The normalized spacial score (nSPS) is 13.7. The van der Waals surface area contributed by atoms with Gasteiger partial charge in [-0.2, -0.15) is 13.2 Å². The largest absolute Gasteiger partial charge is 0.441 e. The fraction of sp³-hybridized carbons (Fsp3) is 0.455. The van der Waals surface area contributed by atoms with Crippen LogP contribution in [0.15, 0.2) is 24.3 Å². The fourth-order valence-electron chi connectivity index (χ4n) is 1.31. The predicted molar refractivity (Wildman–Crippen MR) is 66.4 cm³/mol. The van der Waals surface area contributed by atoms with Gasteiger partial charge in [0.2, 0.25) is 0 Å². The van der Waals surface area contributed by atoms with E-state index in [-0.39, 0.29) is 23.6 Å². The van der Waals surface area contributed by atoms with Crippen LogP contribution in [0.5, 0.6) is 0 Å². The summed E-state index contributed by atoms with van der Waals surface area (Å²) in [5.41, 5.74) is -3.14. The third kappa shape index (κ3) is 6.19. The van der Waals surface area contributed by atoms with E-state index in [2.05, 4.69) is 5.32 Å². The minimum Gasteiger partial charge on any atom is -0.309 e. The molecule has 1 unspecified atom stereocenters. The Balaban J connectivity index is 2.30. The molecule has 96 valence electrons. The van der Waals surface area contributed by atoms with Gasteiger partial charge in [-0.1, -0.05) is 23.7 Å². The molecule has 1 aromatic rings. The van der Waals surface area contributed by atoms with E-state index >= 15 is 0 Å². The molecule has 0 amide bonds. The second kappa shape index (κ2) is 6.52. The first-order chi connectivity index (χ1) is 7.88. The molecular weight excluding hydrogens is 271 g/mol. The van der Waals surface area contributed by atoms with Gasteiger partial charge in [0.05, 0.1) is 0 Å². The lowest BCUT2D eigenvalue weighted by Gasteiger charge is -2.14. The third-order valence-corrected chi connectivity index (χ3v) is 3.18. The van der Waals surface area contributed by atoms with Crippen LogP contribution in [0.4, 0.5) is 13.2 Å². The van der Waals surface area contributed by atoms with Crippen molar-refractivity contribution in [2.45, 2.75) is 18.5 Å². The summed E-state index contributed by atoms with van der Waals surface area (Å²) in [4.78, 5) is 0. The molecule has 1 N–H and O–H groups in total. The van der Waals surface area contributed by atoms with Gasteiger partial charge in [0.25, 0.3) is 0 Å². The zero-order valence-electron chi connectivity index (χ0n) is 9.22. The van der Waals surface area contributed by atoms with Crippen LogP contribution in [0.1, 0.15) is 18.5 Å². The van der Waals surface area contributed by atoms with Crippen LogP contribution < -0.4 is 5.32 Å². The Bertz CT molecular complexity index is 340. The predicted octanol–water partition coefficient (Wildman–Crippen LogP) is 4.24. The third-order valence-electron chi connectivity index (χ3n) is 2.19. The van der Waals surface area contributed by atoms with Crippen molar-refractivity contribution in [3.8, 4) is 0 Å². The van der Waals surface area contributed by atoms with Crippen molar-refractivity contribution >= 4 is 23.4 Å². The molecular formula is C11H13ClF3NS. The van der Waals surface area contributed by atoms with Crippen molar-refractivity contribution < 1.29 is 13.2 Å². The molecule has 1 atom stereocenters. The molecule has 1 aromatic carbocycles. The minimum absolute atomic E-state index is 0.0104. The first-order valence-electron chi connectivity index (χ1n) is 5.08. The number of hydrogen-bond acceptors (Lipinski definition) is 2. The molecule has 0 saturated carbocycles. The van der Waals surface area contributed by atoms with Crippen LogP contribution in [0.25, 0.3) is 0 Å². The SMILES string of the molecule is CC(NCCSC(F)(F)F)c1ccc(Cl)cc1. The molecule has 1 rings (SSSR count). The van der Waals surface area contributed by atoms with Gasteiger partial charge >= 0.3 is 5.51 Å². The van der Waals surface area contributed by atoms with Gasteiger partial charge in [-0.25, -0.2) is 0 Å². The van der Waals surface area contributed by atoms with E-state index in [9.17, 15) is 13.2 Å². The zero-order chi connectivity index (χ0) is 12.9. The fourth-order valence-corrected chi connectivity index (χ4v) is 1.89. The summed E-state index contributed by atoms with van der Waals surface area (Å²) in [6, 6.07) is 7.26. The summed E-state index contributed by atoms with van der Waals surface area (Å²) >= 11 is 5.73. The van der Waals surface area contributed by atoms with Gasteiger partial charge in [0.15, 0.2) is 0 Å². The maximum absolute atomic E-state index is 11.9. The molecule has 0 aliphatic rings. The number of alkyl halides is 3. The summed E-state index contributed by atoms with van der Waals surface area (Å²) in [5, 5.41) is 3.67. The maximum Gasteiger partial charge on any atom is 0.441 e. The van der Waals surface area contributed by atoms with Crippen LogP contribution in [-0.2, 0) is 0 Å². The number of halogens is 4. The van der Waals surface area contributed by atoms with Gasteiger partial charge in [0.1, 0.15) is 0 Å². The molecule has 0 aromatic heterocycles. The van der Waals surface area contributed by atoms with E-state index in [4.69, 9.17) is 11.6 Å². The molecule has 17 heavy (non-hydrogen) atoms. The molecule has 0 heterocycles. The number of nitrogens with one attached hydrogen (secondary N) is 1. The van der Waals surface area contributed by atoms with Crippen molar-refractivity contribution in [1.29, 1.82) is 0 Å². The summed E-state index contributed by atoms with van der Waals surface area (Å²) in [7, 11) is 0. The van der Waals surface area contributed by atoms with Crippen LogP contribution in [0.2, 0.25) is 5.02 Å². The van der Waals surface area contributed by atoms with Crippen LogP contribution in [-0.4, -0.2) is 17.8 Å². The molecule has 0 saturated heterocycles. The quantitative estimate of drug-likeness (QED) is 0.811. The monoisotopic (exact) mass is 283 g/mol. The van der Waals surface area contributed by atoms with Gasteiger partial charge < -0.3 is 5.32 Å². The van der Waals surface area contributed by atoms with E-state index in [1.165, 1.54) is 0 Å². The Kier molecular flexibility index (Phi) is 5.62. The van der Waals surface area contributed by atoms with E-state index in [1.54, 1.807) is 12.1 Å². The van der Waals surface area contributed by atoms with Crippen molar-refractivity contribution in [3.05, 3.63) is 34.9 Å². The summed E-state index contributed by atoms with van der Waals surface area (Å²) in [6.45, 7) is 2.22. The molecule has 0 bridgehead atoms. The highest BCUT2D eigenvalue weighted by Crippen LogP contribution is 2.29. The Morgan fingerprint density at radius 2 is 1.88 bits per heavy atom. The Morgan fingerprint density at radius 1 is 1.29 bits per heavy atom. The Hall–Kier alpha value is -0.390. The van der Waals surface area contributed by atoms with Crippen molar-refractivity contribution in [2.75, 3.05) is 12.3 Å². The minimum atomic E-state index is -4.15. The number of rotatable bonds is 5. The molecule has 0 spiro atoms. The van der Waals surface area contributed by atoms with Gasteiger partial charge in [-0.15, -0.1) is 0 Å². The molecule has 6 heteroatoms. The van der Waals surface area contributed by atoms with Crippen LogP contribution in [0.3, 0.4) is 0 Å². The summed E-state index contributed by atoms with van der Waals surface area (Å²) < 4.78 is 35.6. The highest BCUT2D eigenvalue weighted by molar-refractivity contribution is 8.00. The second-order valence-electron chi connectivity index (χ2n) is 3.52. The van der Waals surface area contributed by atoms with Crippen LogP contribution >= 0.6 is 23.4 Å².